The van der Waals surface area contributed by atoms with Gasteiger partial charge >= 0.3 is 5.97 Å². The number of benzene rings is 2. The molecule has 3 heterocycles. The molecule has 3 saturated heterocycles. The maximum Gasteiger partial charge on any atom is 0.313 e. The molecule has 1 N–H and O–H groups in total. The normalized spacial score (nSPS) is 26.7. The lowest BCUT2D eigenvalue weighted by atomic mass is 9.70. The molecule has 10 atom stereocenters. The van der Waals surface area contributed by atoms with Crippen molar-refractivity contribution in [3.63, 3.8) is 0 Å². The van der Waals surface area contributed by atoms with Gasteiger partial charge in [0.1, 0.15) is 17.7 Å². The Kier molecular flexibility index (Phi) is 12.7. The first kappa shape index (κ1) is 40.4. The Morgan fingerprint density at radius 1 is 1.09 bits per heavy atom. The number of carbonyl (C=O) groups excluding carboxylic acids is 4. The van der Waals surface area contributed by atoms with Crippen LogP contribution in [0.3, 0.4) is 0 Å². The molecule has 1 spiro atoms. The zero-order valence-electron chi connectivity index (χ0n) is 31.7. The number of hydrogen-bond donors (Lipinski definition) is 1. The Morgan fingerprint density at radius 2 is 1.75 bits per heavy atom. The van der Waals surface area contributed by atoms with Gasteiger partial charge in [0.15, 0.2) is 0 Å². The summed E-state index contributed by atoms with van der Waals surface area (Å²) < 4.78 is 13.2. The molecule has 3 aliphatic rings. The molecule has 11 heteroatoms. The molecule has 5 rings (SSSR count). The molecule has 0 aromatic heterocycles. The van der Waals surface area contributed by atoms with Crippen LogP contribution in [-0.4, -0.2) is 93.5 Å². The maximum absolute atomic E-state index is 15.2. The number of amides is 3. The zero-order valence-corrected chi connectivity index (χ0v) is 33.3. The zero-order chi connectivity index (χ0) is 38.8. The number of anilines is 1. The van der Waals surface area contributed by atoms with Gasteiger partial charge in [-0.2, -0.15) is 0 Å². The van der Waals surface area contributed by atoms with Gasteiger partial charge in [-0.3, -0.25) is 19.2 Å². The van der Waals surface area contributed by atoms with E-state index in [1.807, 2.05) is 83.1 Å². The predicted molar refractivity (Wildman–Crippen MR) is 208 cm³/mol. The van der Waals surface area contributed by atoms with Crippen LogP contribution < -0.4 is 4.90 Å². The number of aliphatic hydroxyl groups excluding tert-OH is 1. The first-order chi connectivity index (χ1) is 25.3. The van der Waals surface area contributed by atoms with Crippen molar-refractivity contribution in [3.8, 4) is 0 Å². The largest absolute Gasteiger partial charge is 0.455 e. The number of ether oxygens (including phenoxy) is 2. The fraction of sp³-hybridized carbons (Fsp3) is 0.524. The molecule has 0 radical (unpaired) electrons. The second kappa shape index (κ2) is 16.7. The molecule has 2 bridgehead atoms. The number of allylic oxidation sites excluding steroid dienone is 1. The van der Waals surface area contributed by atoms with E-state index in [9.17, 15) is 14.7 Å². The Morgan fingerprint density at radius 3 is 2.34 bits per heavy atom. The van der Waals surface area contributed by atoms with Crippen molar-refractivity contribution in [1.29, 1.82) is 0 Å². The van der Waals surface area contributed by atoms with E-state index >= 15 is 9.59 Å². The quantitative estimate of drug-likeness (QED) is 0.125. The van der Waals surface area contributed by atoms with Gasteiger partial charge in [0.2, 0.25) is 11.8 Å². The van der Waals surface area contributed by atoms with E-state index in [0.717, 1.165) is 16.8 Å². The van der Waals surface area contributed by atoms with Crippen LogP contribution in [0.4, 0.5) is 5.69 Å². The van der Waals surface area contributed by atoms with Gasteiger partial charge in [-0.05, 0) is 56.2 Å². The number of halogens is 1. The van der Waals surface area contributed by atoms with Gasteiger partial charge in [-0.15, -0.1) is 13.2 Å². The molecule has 0 saturated carbocycles. The summed E-state index contributed by atoms with van der Waals surface area (Å²) in [4.78, 5) is 62.5. The van der Waals surface area contributed by atoms with E-state index in [-0.39, 0.29) is 42.1 Å². The number of aryl methyl sites for hydroxylation is 2. The topological polar surface area (TPSA) is 117 Å². The molecular weight excluding hydrogens is 738 g/mol. The molecule has 10 nitrogen and oxygen atoms in total. The van der Waals surface area contributed by atoms with E-state index in [4.69, 9.17) is 9.47 Å². The van der Waals surface area contributed by atoms with Gasteiger partial charge in [0, 0.05) is 30.5 Å². The number of fused-ring (bicyclic) bond motifs is 1. The Hall–Kier alpha value is -3.80. The number of esters is 1. The van der Waals surface area contributed by atoms with Gasteiger partial charge in [-0.25, -0.2) is 0 Å². The maximum atomic E-state index is 15.2. The van der Waals surface area contributed by atoms with E-state index < -0.39 is 59.6 Å². The summed E-state index contributed by atoms with van der Waals surface area (Å²) in [6.45, 7) is 17.1. The van der Waals surface area contributed by atoms with Crippen LogP contribution in [0.15, 0.2) is 73.8 Å². The minimum atomic E-state index is -1.38. The number of para-hydroxylation sites is 1. The summed E-state index contributed by atoms with van der Waals surface area (Å²) in [6, 6.07) is 12.7. The van der Waals surface area contributed by atoms with Crippen molar-refractivity contribution in [1.82, 2.24) is 9.80 Å². The average molecular weight is 793 g/mol. The van der Waals surface area contributed by atoms with Crippen LogP contribution in [0, 0.1) is 31.6 Å². The van der Waals surface area contributed by atoms with Crippen LogP contribution in [0.1, 0.15) is 69.2 Å². The molecule has 2 aromatic carbocycles. The Bertz CT molecular complexity index is 1680. The first-order valence-corrected chi connectivity index (χ1v) is 19.6. The van der Waals surface area contributed by atoms with E-state index in [1.54, 1.807) is 29.0 Å². The number of likely N-dealkylation sites (N-methyl/N-ethyl adjacent to an activating group) is 1. The molecule has 3 aliphatic heterocycles. The van der Waals surface area contributed by atoms with Gasteiger partial charge in [0.05, 0.1) is 36.6 Å². The van der Waals surface area contributed by atoms with Crippen LogP contribution in [0.2, 0.25) is 0 Å². The molecule has 3 amide bonds. The average Bonchev–Trinajstić information content (AvgIpc) is 3.75. The third kappa shape index (κ3) is 7.24. The second-order valence-electron chi connectivity index (χ2n) is 14.9. The summed E-state index contributed by atoms with van der Waals surface area (Å²) in [7, 11) is 1.69. The highest BCUT2D eigenvalue weighted by atomic mass is 79.9. The van der Waals surface area contributed by atoms with Gasteiger partial charge < -0.3 is 29.3 Å². The number of nitrogens with zero attached hydrogens (tertiary/aromatic N) is 3. The SMILES string of the molecule is C=CCCC(=O)N(C)[C@H](C)[C@H](OC(=O)[C@@H]1[C@H]2O[C@@]3(CC2Br)[C@H](C(=O)N(CC=C)c2c(C)cccc2C)N([C@@H](CO)[C@@H](C)CC)C(=O)[C@@H]13)c1ccccc1. The highest BCUT2D eigenvalue weighted by molar-refractivity contribution is 9.09. The number of rotatable bonds is 16. The fourth-order valence-corrected chi connectivity index (χ4v) is 9.65. The monoisotopic (exact) mass is 791 g/mol. The highest BCUT2D eigenvalue weighted by Gasteiger charge is 2.78. The van der Waals surface area contributed by atoms with Gasteiger partial charge in [0.25, 0.3) is 5.91 Å². The summed E-state index contributed by atoms with van der Waals surface area (Å²) in [5.41, 5.74) is 1.81. The smallest absolute Gasteiger partial charge is 0.313 e. The Labute approximate surface area is 322 Å². The van der Waals surface area contributed by atoms with Crippen LogP contribution in [-0.2, 0) is 28.7 Å². The molecular formula is C42H54BrN3O7. The number of aliphatic hydroxyl groups is 1. The molecule has 286 valence electrons. The first-order valence-electron chi connectivity index (χ1n) is 18.6. The molecule has 3 fully saturated rings. The summed E-state index contributed by atoms with van der Waals surface area (Å²) in [5, 5.41) is 10.9. The Balaban J connectivity index is 1.59. The van der Waals surface area contributed by atoms with Gasteiger partial charge in [-0.1, -0.05) is 96.9 Å². The fourth-order valence-electron chi connectivity index (χ4n) is 8.71. The van der Waals surface area contributed by atoms with Crippen molar-refractivity contribution in [2.45, 2.75) is 101 Å². The number of likely N-dealkylation sites (tertiary alicyclic amines) is 1. The van der Waals surface area contributed by atoms with Crippen molar-refractivity contribution in [3.05, 3.63) is 90.5 Å². The summed E-state index contributed by atoms with van der Waals surface area (Å²) in [5.74, 6) is -3.77. The summed E-state index contributed by atoms with van der Waals surface area (Å²) in [6.07, 6.45) is 3.46. The standard InChI is InChI=1S/C42H54BrN3O7/c1-9-12-21-32(48)44(8)28(7)36(29-19-14-13-15-20-29)52-41(51)33-34-39(49)46(31(24-47)25(4)11-3)38(42(34)23-30(43)37(33)53-42)40(50)45(22-10-2)35-26(5)17-16-18-27(35)6/h9-10,13-20,25,28,30-31,33-34,36-38,47H,1-2,11-12,21-24H2,3-8H3/t25-,28+,30?,31-,33-,34+,36-,37-,38-,42+/m0/s1. The molecule has 1 unspecified atom stereocenters. The van der Waals surface area contributed by atoms with Crippen molar-refractivity contribution in [2.75, 3.05) is 25.1 Å². The second-order valence-corrected chi connectivity index (χ2v) is 16.0. The van der Waals surface area contributed by atoms with Crippen LogP contribution >= 0.6 is 15.9 Å². The van der Waals surface area contributed by atoms with E-state index in [2.05, 4.69) is 29.1 Å². The minimum absolute atomic E-state index is 0.117. The molecule has 2 aromatic rings. The lowest BCUT2D eigenvalue weighted by molar-refractivity contribution is -0.165. The highest BCUT2D eigenvalue weighted by Crippen LogP contribution is 2.61. The number of carbonyl (C=O) groups is 4. The van der Waals surface area contributed by atoms with Crippen LogP contribution in [0.25, 0.3) is 0 Å². The minimum Gasteiger partial charge on any atom is -0.455 e. The number of alkyl halides is 1. The van der Waals surface area contributed by atoms with E-state index in [1.165, 1.54) is 4.90 Å². The third-order valence-electron chi connectivity index (χ3n) is 11.7. The summed E-state index contributed by atoms with van der Waals surface area (Å²) >= 11 is 3.78. The van der Waals surface area contributed by atoms with E-state index in [0.29, 0.717) is 24.8 Å². The number of hydrogen-bond acceptors (Lipinski definition) is 7. The molecule has 0 aliphatic carbocycles. The lowest BCUT2D eigenvalue weighted by Gasteiger charge is -2.41. The third-order valence-corrected chi connectivity index (χ3v) is 12.6. The van der Waals surface area contributed by atoms with Crippen molar-refractivity contribution >= 4 is 45.3 Å². The van der Waals surface area contributed by atoms with Crippen LogP contribution in [0.5, 0.6) is 0 Å². The molecule has 53 heavy (non-hydrogen) atoms. The predicted octanol–water partition coefficient (Wildman–Crippen LogP) is 6.08. The van der Waals surface area contributed by atoms with Crippen molar-refractivity contribution < 1.29 is 33.8 Å². The lowest BCUT2D eigenvalue weighted by Crippen LogP contribution is -2.60. The van der Waals surface area contributed by atoms with Crippen molar-refractivity contribution in [2.24, 2.45) is 17.8 Å².